The standard InChI is InChI=1S/C20H25N3O3.ClH/c1-15-5-2-3-6-18(15)26-12-4-7-19(24)23-17-10-8-16(9-11-17)14-22-20(25)13-21;/h2-3,5-6,8-11H,4,7,12-14,21H2,1H3,(H,22,25)(H,23,24);1H. The van der Waals surface area contributed by atoms with Crippen LogP contribution in [0.1, 0.15) is 24.0 Å². The van der Waals surface area contributed by atoms with E-state index in [4.69, 9.17) is 10.5 Å². The van der Waals surface area contributed by atoms with Gasteiger partial charge in [0.2, 0.25) is 11.8 Å². The van der Waals surface area contributed by atoms with E-state index < -0.39 is 0 Å². The molecule has 2 amide bonds. The van der Waals surface area contributed by atoms with Crippen LogP contribution in [0.4, 0.5) is 5.69 Å². The number of rotatable bonds is 9. The summed E-state index contributed by atoms with van der Waals surface area (Å²) in [5.41, 5.74) is 7.99. The fraction of sp³-hybridized carbons (Fsp3) is 0.300. The zero-order valence-corrected chi connectivity index (χ0v) is 16.2. The molecule has 2 aromatic rings. The van der Waals surface area contributed by atoms with Crippen LogP contribution < -0.4 is 21.1 Å². The van der Waals surface area contributed by atoms with E-state index in [0.29, 0.717) is 26.0 Å². The SMILES string of the molecule is Cc1ccccc1OCCCC(=O)Nc1ccc(CNC(=O)CN)cc1.Cl. The van der Waals surface area contributed by atoms with Crippen molar-refractivity contribution in [1.29, 1.82) is 0 Å². The molecule has 27 heavy (non-hydrogen) atoms. The van der Waals surface area contributed by atoms with Crippen LogP contribution in [0.25, 0.3) is 0 Å². The van der Waals surface area contributed by atoms with Crippen LogP contribution in [0.2, 0.25) is 0 Å². The number of halogens is 1. The van der Waals surface area contributed by atoms with Crippen LogP contribution in [0.3, 0.4) is 0 Å². The predicted molar refractivity (Wildman–Crippen MR) is 109 cm³/mol. The molecule has 0 fully saturated rings. The minimum absolute atomic E-state index is 0. The van der Waals surface area contributed by atoms with Crippen molar-refractivity contribution in [3.05, 3.63) is 59.7 Å². The number of carbonyl (C=O) groups excluding carboxylic acids is 2. The second kappa shape index (κ2) is 11.9. The smallest absolute Gasteiger partial charge is 0.234 e. The Labute approximate surface area is 165 Å². The van der Waals surface area contributed by atoms with E-state index in [0.717, 1.165) is 22.6 Å². The lowest BCUT2D eigenvalue weighted by Gasteiger charge is -2.09. The van der Waals surface area contributed by atoms with Crippen LogP contribution in [0, 0.1) is 6.92 Å². The monoisotopic (exact) mass is 391 g/mol. The van der Waals surface area contributed by atoms with Gasteiger partial charge in [-0.3, -0.25) is 9.59 Å². The molecule has 0 atom stereocenters. The van der Waals surface area contributed by atoms with Crippen LogP contribution in [-0.2, 0) is 16.1 Å². The summed E-state index contributed by atoms with van der Waals surface area (Å²) >= 11 is 0. The number of carbonyl (C=O) groups is 2. The molecule has 7 heteroatoms. The number of benzene rings is 2. The third-order valence-corrected chi connectivity index (χ3v) is 3.81. The summed E-state index contributed by atoms with van der Waals surface area (Å²) in [5, 5.41) is 5.55. The molecule has 2 rings (SSSR count). The number of nitrogens with two attached hydrogens (primary N) is 1. The van der Waals surface area contributed by atoms with Gasteiger partial charge in [0.25, 0.3) is 0 Å². The average molecular weight is 392 g/mol. The van der Waals surface area contributed by atoms with Crippen LogP contribution in [0.5, 0.6) is 5.75 Å². The van der Waals surface area contributed by atoms with Crippen LogP contribution in [-0.4, -0.2) is 25.0 Å². The lowest BCUT2D eigenvalue weighted by atomic mass is 10.2. The molecule has 0 aromatic heterocycles. The summed E-state index contributed by atoms with van der Waals surface area (Å²) < 4.78 is 5.69. The van der Waals surface area contributed by atoms with Crippen molar-refractivity contribution in [2.45, 2.75) is 26.3 Å². The van der Waals surface area contributed by atoms with E-state index in [-0.39, 0.29) is 30.8 Å². The second-order valence-corrected chi connectivity index (χ2v) is 5.94. The Morgan fingerprint density at radius 1 is 1.04 bits per heavy atom. The largest absolute Gasteiger partial charge is 0.493 e. The maximum absolute atomic E-state index is 12.0. The van der Waals surface area contributed by atoms with E-state index in [1.165, 1.54) is 0 Å². The Morgan fingerprint density at radius 2 is 1.74 bits per heavy atom. The molecule has 0 radical (unpaired) electrons. The van der Waals surface area contributed by atoms with Crippen LogP contribution >= 0.6 is 12.4 Å². The Kier molecular flexibility index (Phi) is 9.93. The molecule has 0 aliphatic rings. The van der Waals surface area contributed by atoms with Gasteiger partial charge in [-0.15, -0.1) is 12.4 Å². The van der Waals surface area contributed by atoms with Crippen molar-refractivity contribution >= 4 is 29.9 Å². The number of nitrogens with one attached hydrogen (secondary N) is 2. The van der Waals surface area contributed by atoms with Gasteiger partial charge in [0.1, 0.15) is 5.75 Å². The molecule has 0 saturated heterocycles. The highest BCUT2D eigenvalue weighted by Crippen LogP contribution is 2.16. The van der Waals surface area contributed by atoms with Gasteiger partial charge < -0.3 is 21.1 Å². The number of aryl methyl sites for hydroxylation is 1. The Hall–Kier alpha value is -2.57. The topological polar surface area (TPSA) is 93.5 Å². The molecule has 0 aliphatic carbocycles. The highest BCUT2D eigenvalue weighted by atomic mass is 35.5. The highest BCUT2D eigenvalue weighted by molar-refractivity contribution is 5.90. The van der Waals surface area contributed by atoms with Crippen molar-refractivity contribution in [2.75, 3.05) is 18.5 Å². The van der Waals surface area contributed by atoms with E-state index in [1.807, 2.05) is 55.5 Å². The van der Waals surface area contributed by atoms with Gasteiger partial charge in [0, 0.05) is 18.7 Å². The normalized spacial score (nSPS) is 9.85. The minimum Gasteiger partial charge on any atom is -0.493 e. The summed E-state index contributed by atoms with van der Waals surface area (Å²) in [7, 11) is 0. The number of hydrogen-bond donors (Lipinski definition) is 3. The van der Waals surface area contributed by atoms with E-state index >= 15 is 0 Å². The quantitative estimate of drug-likeness (QED) is 0.573. The number of anilines is 1. The van der Waals surface area contributed by atoms with Crippen molar-refractivity contribution in [3.63, 3.8) is 0 Å². The fourth-order valence-electron chi connectivity index (χ4n) is 2.34. The van der Waals surface area contributed by atoms with Gasteiger partial charge >= 0.3 is 0 Å². The zero-order chi connectivity index (χ0) is 18.8. The van der Waals surface area contributed by atoms with E-state index in [2.05, 4.69) is 10.6 Å². The maximum Gasteiger partial charge on any atom is 0.234 e. The molecule has 0 bridgehead atoms. The third kappa shape index (κ3) is 8.11. The van der Waals surface area contributed by atoms with Gasteiger partial charge in [0.05, 0.1) is 13.2 Å². The van der Waals surface area contributed by atoms with Crippen molar-refractivity contribution in [1.82, 2.24) is 5.32 Å². The second-order valence-electron chi connectivity index (χ2n) is 5.94. The molecule has 2 aromatic carbocycles. The maximum atomic E-state index is 12.0. The molecule has 4 N–H and O–H groups in total. The van der Waals surface area contributed by atoms with Gasteiger partial charge in [-0.05, 0) is 42.7 Å². The average Bonchev–Trinajstić information content (AvgIpc) is 2.65. The summed E-state index contributed by atoms with van der Waals surface area (Å²) in [5.74, 6) is 0.600. The molecular formula is C20H26ClN3O3. The summed E-state index contributed by atoms with van der Waals surface area (Å²) in [4.78, 5) is 23.1. The first-order chi connectivity index (χ1) is 12.6. The van der Waals surface area contributed by atoms with Crippen molar-refractivity contribution < 1.29 is 14.3 Å². The molecule has 0 spiro atoms. The Morgan fingerprint density at radius 3 is 2.41 bits per heavy atom. The van der Waals surface area contributed by atoms with Gasteiger partial charge in [-0.1, -0.05) is 30.3 Å². The Bertz CT molecular complexity index is 736. The molecule has 0 unspecified atom stereocenters. The summed E-state index contributed by atoms with van der Waals surface area (Å²) in [6.07, 6.45) is 1.03. The Balaban J connectivity index is 0.00000364. The minimum atomic E-state index is -0.199. The lowest BCUT2D eigenvalue weighted by Crippen LogP contribution is -2.29. The molecule has 0 aliphatic heterocycles. The number of hydrogen-bond acceptors (Lipinski definition) is 4. The van der Waals surface area contributed by atoms with Gasteiger partial charge in [-0.2, -0.15) is 0 Å². The van der Waals surface area contributed by atoms with Crippen molar-refractivity contribution in [2.24, 2.45) is 5.73 Å². The molecule has 0 saturated carbocycles. The number of para-hydroxylation sites is 1. The first-order valence-electron chi connectivity index (χ1n) is 8.62. The predicted octanol–water partition coefficient (Wildman–Crippen LogP) is 2.79. The molecule has 146 valence electrons. The number of ether oxygens (including phenoxy) is 1. The molecule has 0 heterocycles. The van der Waals surface area contributed by atoms with Gasteiger partial charge in [0.15, 0.2) is 0 Å². The first kappa shape index (κ1) is 22.5. The van der Waals surface area contributed by atoms with E-state index in [1.54, 1.807) is 0 Å². The van der Waals surface area contributed by atoms with Gasteiger partial charge in [-0.25, -0.2) is 0 Å². The summed E-state index contributed by atoms with van der Waals surface area (Å²) in [6.45, 7) is 2.88. The lowest BCUT2D eigenvalue weighted by molar-refractivity contribution is -0.120. The molecular weight excluding hydrogens is 366 g/mol. The van der Waals surface area contributed by atoms with Crippen LogP contribution in [0.15, 0.2) is 48.5 Å². The first-order valence-corrected chi connectivity index (χ1v) is 8.62. The number of amides is 2. The van der Waals surface area contributed by atoms with Crippen molar-refractivity contribution in [3.8, 4) is 5.75 Å². The molecule has 6 nitrogen and oxygen atoms in total. The highest BCUT2D eigenvalue weighted by Gasteiger charge is 2.04. The summed E-state index contributed by atoms with van der Waals surface area (Å²) in [6, 6.07) is 15.1. The zero-order valence-electron chi connectivity index (χ0n) is 15.4. The third-order valence-electron chi connectivity index (χ3n) is 3.81. The fourth-order valence-corrected chi connectivity index (χ4v) is 2.34. The van der Waals surface area contributed by atoms with E-state index in [9.17, 15) is 9.59 Å².